The number of hydrogen-bond donors (Lipinski definition) is 1. The molecule has 0 spiro atoms. The van der Waals surface area contributed by atoms with Crippen LogP contribution in [-0.2, 0) is 4.79 Å². The summed E-state index contributed by atoms with van der Waals surface area (Å²) in [5.41, 5.74) is 1.25. The summed E-state index contributed by atoms with van der Waals surface area (Å²) in [6, 6.07) is 10.6. The minimum absolute atomic E-state index is 0.206. The molecule has 1 atom stereocenters. The van der Waals surface area contributed by atoms with Crippen molar-refractivity contribution < 1.29 is 9.90 Å². The highest BCUT2D eigenvalue weighted by molar-refractivity contribution is 5.66. The molecule has 21 heavy (non-hydrogen) atoms. The number of carbonyl (C=O) groups is 1. The SMILES string of the molecule is CC(c1ccccc1)N(CCC(=O)O)CCN1CCCC1. The second-order valence-corrected chi connectivity index (χ2v) is 5.82. The van der Waals surface area contributed by atoms with E-state index in [1.54, 1.807) is 0 Å². The number of hydrogen-bond acceptors (Lipinski definition) is 3. The molecule has 1 aromatic rings. The molecule has 1 saturated heterocycles. The smallest absolute Gasteiger partial charge is 0.304 e. The molecule has 0 amide bonds. The summed E-state index contributed by atoms with van der Waals surface area (Å²) in [5, 5.41) is 8.96. The fourth-order valence-electron chi connectivity index (χ4n) is 2.96. The van der Waals surface area contributed by atoms with E-state index in [0.717, 1.165) is 13.1 Å². The summed E-state index contributed by atoms with van der Waals surface area (Å²) in [6.07, 6.45) is 2.80. The van der Waals surface area contributed by atoms with Gasteiger partial charge in [0.15, 0.2) is 0 Å². The van der Waals surface area contributed by atoms with Gasteiger partial charge in [0.05, 0.1) is 6.42 Å². The second kappa shape index (κ2) is 8.15. The van der Waals surface area contributed by atoms with Crippen LogP contribution in [0.25, 0.3) is 0 Å². The van der Waals surface area contributed by atoms with E-state index in [-0.39, 0.29) is 12.5 Å². The molecule has 116 valence electrons. The fraction of sp³-hybridized carbons (Fsp3) is 0.588. The predicted molar refractivity (Wildman–Crippen MR) is 84.4 cm³/mol. The van der Waals surface area contributed by atoms with E-state index in [1.807, 2.05) is 18.2 Å². The topological polar surface area (TPSA) is 43.8 Å². The number of nitrogens with zero attached hydrogens (tertiary/aromatic N) is 2. The Balaban J connectivity index is 1.94. The van der Waals surface area contributed by atoms with E-state index in [2.05, 4.69) is 28.9 Å². The molecule has 1 N–H and O–H groups in total. The summed E-state index contributed by atoms with van der Waals surface area (Å²) in [7, 11) is 0. The lowest BCUT2D eigenvalue weighted by molar-refractivity contribution is -0.137. The molecule has 4 heteroatoms. The lowest BCUT2D eigenvalue weighted by atomic mass is 10.1. The molecule has 0 aliphatic carbocycles. The van der Waals surface area contributed by atoms with E-state index in [1.165, 1.54) is 31.5 Å². The monoisotopic (exact) mass is 290 g/mol. The molecule has 0 saturated carbocycles. The highest BCUT2D eigenvalue weighted by Gasteiger charge is 2.19. The van der Waals surface area contributed by atoms with Gasteiger partial charge in [-0.25, -0.2) is 0 Å². The predicted octanol–water partition coefficient (Wildman–Crippen LogP) is 2.62. The Hall–Kier alpha value is -1.39. The summed E-state index contributed by atoms with van der Waals surface area (Å²) < 4.78 is 0. The second-order valence-electron chi connectivity index (χ2n) is 5.82. The first-order valence-corrected chi connectivity index (χ1v) is 7.90. The van der Waals surface area contributed by atoms with Crippen LogP contribution in [0, 0.1) is 0 Å². The maximum Gasteiger partial charge on any atom is 0.304 e. The van der Waals surface area contributed by atoms with Crippen molar-refractivity contribution in [2.24, 2.45) is 0 Å². The minimum atomic E-state index is -0.721. The molecule has 1 unspecified atom stereocenters. The molecule has 1 fully saturated rings. The van der Waals surface area contributed by atoms with E-state index in [0.29, 0.717) is 6.54 Å². The summed E-state index contributed by atoms with van der Waals surface area (Å²) in [5.74, 6) is -0.721. The third kappa shape index (κ3) is 5.14. The molecule has 1 heterocycles. The van der Waals surface area contributed by atoms with Crippen LogP contribution >= 0.6 is 0 Å². The summed E-state index contributed by atoms with van der Waals surface area (Å²) in [6.45, 7) is 7.12. The molecule has 4 nitrogen and oxygen atoms in total. The Kier molecular flexibility index (Phi) is 6.21. The van der Waals surface area contributed by atoms with Crippen molar-refractivity contribution in [3.63, 3.8) is 0 Å². The third-order valence-electron chi connectivity index (χ3n) is 4.34. The normalized spacial score (nSPS) is 17.2. The summed E-state index contributed by atoms with van der Waals surface area (Å²) in [4.78, 5) is 15.7. The van der Waals surface area contributed by atoms with Crippen molar-refractivity contribution in [3.05, 3.63) is 35.9 Å². The van der Waals surface area contributed by atoms with Gasteiger partial charge in [0.2, 0.25) is 0 Å². The van der Waals surface area contributed by atoms with Crippen LogP contribution in [0.3, 0.4) is 0 Å². The van der Waals surface area contributed by atoms with Gasteiger partial charge in [0.25, 0.3) is 0 Å². The zero-order valence-corrected chi connectivity index (χ0v) is 12.9. The molecule has 2 rings (SSSR count). The van der Waals surface area contributed by atoms with E-state index in [9.17, 15) is 4.79 Å². The van der Waals surface area contributed by atoms with E-state index < -0.39 is 5.97 Å². The van der Waals surface area contributed by atoms with Crippen molar-refractivity contribution in [2.75, 3.05) is 32.7 Å². The standard InChI is InChI=1S/C17H26N2O2/c1-15(16-7-3-2-4-8-16)19(12-9-17(20)21)14-13-18-10-5-6-11-18/h2-4,7-8,15H,5-6,9-14H2,1H3,(H,20,21). The van der Waals surface area contributed by atoms with Gasteiger partial charge in [-0.3, -0.25) is 9.69 Å². The van der Waals surface area contributed by atoms with Gasteiger partial charge in [0.1, 0.15) is 0 Å². The Labute approximate surface area is 127 Å². The van der Waals surface area contributed by atoms with Crippen molar-refractivity contribution in [3.8, 4) is 0 Å². The molecule has 0 aromatic heterocycles. The molecule has 1 aliphatic heterocycles. The van der Waals surface area contributed by atoms with E-state index in [4.69, 9.17) is 5.11 Å². The van der Waals surface area contributed by atoms with Crippen molar-refractivity contribution in [1.82, 2.24) is 9.80 Å². The number of benzene rings is 1. The van der Waals surface area contributed by atoms with E-state index >= 15 is 0 Å². The molecule has 1 aromatic carbocycles. The number of rotatable bonds is 8. The number of aliphatic carboxylic acids is 1. The van der Waals surface area contributed by atoms with Crippen LogP contribution in [0.5, 0.6) is 0 Å². The Morgan fingerprint density at radius 2 is 1.90 bits per heavy atom. The van der Waals surface area contributed by atoms with Crippen molar-refractivity contribution in [2.45, 2.75) is 32.2 Å². The van der Waals surface area contributed by atoms with Gasteiger partial charge in [-0.15, -0.1) is 0 Å². The average molecular weight is 290 g/mol. The largest absolute Gasteiger partial charge is 0.481 e. The molecule has 1 aliphatic rings. The van der Waals surface area contributed by atoms with Gasteiger partial charge >= 0.3 is 5.97 Å². The minimum Gasteiger partial charge on any atom is -0.481 e. The van der Waals surface area contributed by atoms with Gasteiger partial charge in [-0.2, -0.15) is 0 Å². The van der Waals surface area contributed by atoms with Crippen LogP contribution in [0.1, 0.15) is 37.8 Å². The fourth-order valence-corrected chi connectivity index (χ4v) is 2.96. The van der Waals surface area contributed by atoms with Crippen LogP contribution in [0.2, 0.25) is 0 Å². The number of likely N-dealkylation sites (tertiary alicyclic amines) is 1. The lowest BCUT2D eigenvalue weighted by Crippen LogP contribution is -2.36. The first-order chi connectivity index (χ1) is 10.2. The zero-order chi connectivity index (χ0) is 15.1. The Bertz CT molecular complexity index is 430. The quantitative estimate of drug-likeness (QED) is 0.799. The zero-order valence-electron chi connectivity index (χ0n) is 12.9. The highest BCUT2D eigenvalue weighted by Crippen LogP contribution is 2.20. The van der Waals surface area contributed by atoms with Crippen LogP contribution < -0.4 is 0 Å². The molecule has 0 bridgehead atoms. The Morgan fingerprint density at radius 3 is 2.52 bits per heavy atom. The highest BCUT2D eigenvalue weighted by atomic mass is 16.4. The molecular formula is C17H26N2O2. The number of carboxylic acids is 1. The van der Waals surface area contributed by atoms with Crippen molar-refractivity contribution in [1.29, 1.82) is 0 Å². The maximum atomic E-state index is 10.9. The lowest BCUT2D eigenvalue weighted by Gasteiger charge is -2.30. The molecule has 0 radical (unpaired) electrons. The van der Waals surface area contributed by atoms with Gasteiger partial charge in [-0.05, 0) is 38.4 Å². The van der Waals surface area contributed by atoms with Gasteiger partial charge in [-0.1, -0.05) is 30.3 Å². The Morgan fingerprint density at radius 1 is 1.24 bits per heavy atom. The van der Waals surface area contributed by atoms with Gasteiger partial charge in [0, 0.05) is 25.7 Å². The van der Waals surface area contributed by atoms with Gasteiger partial charge < -0.3 is 10.0 Å². The molecular weight excluding hydrogens is 264 g/mol. The number of carboxylic acid groups (broad SMARTS) is 1. The van der Waals surface area contributed by atoms with Crippen molar-refractivity contribution >= 4 is 5.97 Å². The first-order valence-electron chi connectivity index (χ1n) is 7.90. The maximum absolute atomic E-state index is 10.9. The van der Waals surface area contributed by atoms with Crippen LogP contribution in [-0.4, -0.2) is 53.6 Å². The third-order valence-corrected chi connectivity index (χ3v) is 4.34. The average Bonchev–Trinajstić information content (AvgIpc) is 3.01. The van der Waals surface area contributed by atoms with Crippen LogP contribution in [0.4, 0.5) is 0 Å². The first kappa shape index (κ1) is 16.0. The summed E-state index contributed by atoms with van der Waals surface area (Å²) >= 11 is 0. The van der Waals surface area contributed by atoms with Crippen LogP contribution in [0.15, 0.2) is 30.3 Å².